The van der Waals surface area contributed by atoms with E-state index in [-0.39, 0.29) is 30.0 Å². The van der Waals surface area contributed by atoms with Crippen LogP contribution in [0.2, 0.25) is 0 Å². The minimum absolute atomic E-state index is 0.0507. The summed E-state index contributed by atoms with van der Waals surface area (Å²) in [6.07, 6.45) is 3.50. The first-order chi connectivity index (χ1) is 18.3. The Morgan fingerprint density at radius 3 is 2.59 bits per heavy atom. The smallest absolute Gasteiger partial charge is 0.345 e. The van der Waals surface area contributed by atoms with Crippen molar-refractivity contribution in [3.8, 4) is 17.1 Å². The summed E-state index contributed by atoms with van der Waals surface area (Å²) in [6.45, 7) is 11.0. The Labute approximate surface area is 227 Å². The molecule has 0 aromatic carbocycles. The van der Waals surface area contributed by atoms with Crippen LogP contribution < -0.4 is 10.4 Å². The number of aliphatic hydroxyl groups excluding tert-OH is 1. The number of aromatic nitrogens is 1. The molecule has 0 bridgehead atoms. The van der Waals surface area contributed by atoms with Crippen LogP contribution in [0.15, 0.2) is 39.8 Å². The molecule has 2 saturated carbocycles. The van der Waals surface area contributed by atoms with Crippen LogP contribution >= 0.6 is 0 Å². The predicted octanol–water partition coefficient (Wildman–Crippen LogP) is 4.46. The Bertz CT molecular complexity index is 1340. The molecule has 9 heteroatoms. The van der Waals surface area contributed by atoms with E-state index < -0.39 is 46.2 Å². The maximum Gasteiger partial charge on any atom is 0.345 e. The number of rotatable bonds is 4. The van der Waals surface area contributed by atoms with Crippen LogP contribution in [0.5, 0.6) is 5.75 Å². The van der Waals surface area contributed by atoms with Crippen LogP contribution in [-0.4, -0.2) is 40.3 Å². The van der Waals surface area contributed by atoms with Crippen molar-refractivity contribution in [3.05, 3.63) is 46.6 Å². The minimum Gasteiger partial charge on any atom is -0.486 e. The molecule has 8 atom stereocenters. The Balaban J connectivity index is 1.61. The zero-order valence-corrected chi connectivity index (χ0v) is 23.4. The highest BCUT2D eigenvalue weighted by Crippen LogP contribution is 2.68. The second-order valence-electron chi connectivity index (χ2n) is 12.2. The summed E-state index contributed by atoms with van der Waals surface area (Å²) in [5.74, 6) is -0.763. The summed E-state index contributed by atoms with van der Waals surface area (Å²) in [4.78, 5) is 41.3. The van der Waals surface area contributed by atoms with Gasteiger partial charge >= 0.3 is 17.6 Å². The van der Waals surface area contributed by atoms with E-state index in [1.807, 2.05) is 13.8 Å². The maximum atomic E-state index is 13.3. The molecule has 9 nitrogen and oxygen atoms in total. The van der Waals surface area contributed by atoms with Gasteiger partial charge in [-0.3, -0.25) is 14.6 Å². The van der Waals surface area contributed by atoms with Gasteiger partial charge < -0.3 is 23.7 Å². The lowest BCUT2D eigenvalue weighted by Gasteiger charge is -2.66. The maximum absolute atomic E-state index is 13.3. The number of pyridine rings is 1. The van der Waals surface area contributed by atoms with Crippen LogP contribution in [0.4, 0.5) is 0 Å². The molecule has 2 fully saturated rings. The predicted molar refractivity (Wildman–Crippen MR) is 141 cm³/mol. The number of carbonyl (C=O) groups excluding carboxylic acids is 2. The van der Waals surface area contributed by atoms with Gasteiger partial charge in [-0.25, -0.2) is 4.79 Å². The van der Waals surface area contributed by atoms with Gasteiger partial charge in [0.2, 0.25) is 0 Å². The van der Waals surface area contributed by atoms with Crippen molar-refractivity contribution in [2.75, 3.05) is 6.61 Å². The summed E-state index contributed by atoms with van der Waals surface area (Å²) in [6, 6.07) is 5.22. The standard InChI is InChI=1S/C30H37NO8/c1-16-12-22-28(4,10-9-23(37-18(3)33)29(22,5)15-36-17(2)32)26-25(34)24-21(39-30(16,26)6)13-20(38-27(24)35)19-8-7-11-31-14-19/h7-8,11,13-14,16,22-23,25-26,34H,9-10,12,15H2,1-6H3/t16-,22?,23-,25-,26?,28-,29-,30+/m0/s1. The monoisotopic (exact) mass is 539 g/mol. The van der Waals surface area contributed by atoms with Crippen LogP contribution in [0, 0.1) is 28.6 Å². The molecule has 1 aliphatic heterocycles. The first kappa shape index (κ1) is 27.4. The summed E-state index contributed by atoms with van der Waals surface area (Å²) < 4.78 is 23.7. The van der Waals surface area contributed by atoms with Crippen molar-refractivity contribution in [1.82, 2.24) is 4.98 Å². The fraction of sp³-hybridized carbons (Fsp3) is 0.600. The average Bonchev–Trinajstić information content (AvgIpc) is 2.86. The number of nitrogens with zero attached hydrogens (tertiary/aromatic N) is 1. The lowest BCUT2D eigenvalue weighted by molar-refractivity contribution is -0.253. The molecule has 39 heavy (non-hydrogen) atoms. The average molecular weight is 540 g/mol. The number of esters is 2. The van der Waals surface area contributed by atoms with Crippen LogP contribution in [0.25, 0.3) is 11.3 Å². The third-order valence-electron chi connectivity index (χ3n) is 9.90. The van der Waals surface area contributed by atoms with Crippen molar-refractivity contribution in [2.24, 2.45) is 28.6 Å². The largest absolute Gasteiger partial charge is 0.486 e. The molecular weight excluding hydrogens is 502 g/mol. The van der Waals surface area contributed by atoms with Crippen molar-refractivity contribution in [2.45, 2.75) is 78.6 Å². The molecule has 0 amide bonds. The quantitative estimate of drug-likeness (QED) is 0.561. The van der Waals surface area contributed by atoms with Gasteiger partial charge in [-0.15, -0.1) is 0 Å². The van der Waals surface area contributed by atoms with Gasteiger partial charge in [-0.1, -0.05) is 20.8 Å². The van der Waals surface area contributed by atoms with Gasteiger partial charge in [-0.2, -0.15) is 0 Å². The molecule has 2 aliphatic carbocycles. The van der Waals surface area contributed by atoms with Crippen LogP contribution in [0.3, 0.4) is 0 Å². The van der Waals surface area contributed by atoms with Gasteiger partial charge in [-0.05, 0) is 55.6 Å². The third kappa shape index (κ3) is 4.26. The molecule has 1 N–H and O–H groups in total. The zero-order valence-electron chi connectivity index (χ0n) is 23.4. The lowest BCUT2D eigenvalue weighted by atomic mass is 9.41. The highest BCUT2D eigenvalue weighted by Gasteiger charge is 2.69. The summed E-state index contributed by atoms with van der Waals surface area (Å²) in [7, 11) is 0. The van der Waals surface area contributed by atoms with Gasteiger partial charge in [0.15, 0.2) is 0 Å². The molecular formula is C30H37NO8. The zero-order chi connectivity index (χ0) is 28.3. The molecule has 3 aliphatic rings. The van der Waals surface area contributed by atoms with Crippen molar-refractivity contribution in [1.29, 1.82) is 0 Å². The number of hydrogen-bond acceptors (Lipinski definition) is 9. The van der Waals surface area contributed by atoms with Crippen LogP contribution in [0.1, 0.15) is 72.5 Å². The summed E-state index contributed by atoms with van der Waals surface area (Å²) in [5, 5.41) is 12.0. The molecule has 2 aromatic rings. The van der Waals surface area contributed by atoms with E-state index in [4.69, 9.17) is 18.6 Å². The normalized spacial score (nSPS) is 36.9. The second kappa shape index (κ2) is 9.47. The number of hydrogen-bond donors (Lipinski definition) is 1. The number of aliphatic hydroxyl groups is 1. The van der Waals surface area contributed by atoms with Gasteiger partial charge in [0.25, 0.3) is 0 Å². The molecule has 2 unspecified atom stereocenters. The second-order valence-corrected chi connectivity index (χ2v) is 12.2. The fourth-order valence-corrected chi connectivity index (χ4v) is 7.95. The molecule has 5 rings (SSSR count). The molecule has 0 saturated heterocycles. The summed E-state index contributed by atoms with van der Waals surface area (Å²) >= 11 is 0. The number of carbonyl (C=O) groups is 2. The lowest BCUT2D eigenvalue weighted by Crippen LogP contribution is -2.69. The van der Waals surface area contributed by atoms with E-state index in [2.05, 4.69) is 18.8 Å². The first-order valence-corrected chi connectivity index (χ1v) is 13.6. The highest BCUT2D eigenvalue weighted by atomic mass is 16.6. The van der Waals surface area contributed by atoms with Gasteiger partial charge in [0.1, 0.15) is 35.4 Å². The van der Waals surface area contributed by atoms with E-state index >= 15 is 0 Å². The molecule has 0 spiro atoms. The molecule has 0 radical (unpaired) electrons. The van der Waals surface area contributed by atoms with E-state index in [0.717, 1.165) is 0 Å². The Kier molecular flexibility index (Phi) is 6.64. The number of ether oxygens (including phenoxy) is 3. The van der Waals surface area contributed by atoms with Crippen molar-refractivity contribution in [3.63, 3.8) is 0 Å². The third-order valence-corrected chi connectivity index (χ3v) is 9.90. The van der Waals surface area contributed by atoms with E-state index in [1.54, 1.807) is 30.6 Å². The van der Waals surface area contributed by atoms with Gasteiger partial charge in [0.05, 0.1) is 6.10 Å². The SMILES string of the molecule is CC(=O)OC[C@@]1(C)C2C[C@H](C)[C@@]3(C)Oc4cc(-c5cccnc5)oc(=O)c4[C@H](O)C3[C@@]2(C)CC[C@@H]1OC(C)=O. The molecule has 2 aromatic heterocycles. The topological polar surface area (TPSA) is 125 Å². The van der Waals surface area contributed by atoms with Crippen molar-refractivity contribution >= 4 is 11.9 Å². The van der Waals surface area contributed by atoms with E-state index in [0.29, 0.717) is 36.3 Å². The first-order valence-electron chi connectivity index (χ1n) is 13.6. The Morgan fingerprint density at radius 2 is 1.95 bits per heavy atom. The molecule has 3 heterocycles. The van der Waals surface area contributed by atoms with Gasteiger partial charge in [0, 0.05) is 49.2 Å². The fourth-order valence-electron chi connectivity index (χ4n) is 7.95. The minimum atomic E-state index is -1.14. The van der Waals surface area contributed by atoms with E-state index in [9.17, 15) is 19.5 Å². The Hall–Kier alpha value is -3.20. The highest BCUT2D eigenvalue weighted by molar-refractivity contribution is 5.67. The Morgan fingerprint density at radius 1 is 1.21 bits per heavy atom. The molecule has 210 valence electrons. The number of fused-ring (bicyclic) bond motifs is 4. The van der Waals surface area contributed by atoms with Crippen LogP contribution in [-0.2, 0) is 19.1 Å². The van der Waals surface area contributed by atoms with E-state index in [1.165, 1.54) is 13.8 Å². The summed E-state index contributed by atoms with van der Waals surface area (Å²) in [5.41, 5.74) is -1.92. The van der Waals surface area contributed by atoms with Crippen molar-refractivity contribution < 1.29 is 33.3 Å².